The third-order valence-corrected chi connectivity index (χ3v) is 7.72. The van der Waals surface area contributed by atoms with E-state index >= 15 is 0 Å². The Morgan fingerprint density at radius 3 is 2.76 bits per heavy atom. The van der Waals surface area contributed by atoms with Gasteiger partial charge in [-0.15, -0.1) is 5.10 Å². The van der Waals surface area contributed by atoms with E-state index in [9.17, 15) is 14.0 Å². The molecule has 1 aliphatic heterocycles. The highest BCUT2D eigenvalue weighted by atomic mass is 35.5. The summed E-state index contributed by atoms with van der Waals surface area (Å²) in [5.74, 6) is -0.320. The molecule has 5 heterocycles. The average molecular weight is 588 g/mol. The summed E-state index contributed by atoms with van der Waals surface area (Å²) >= 11 is 6.31. The molecule has 0 spiro atoms. The van der Waals surface area contributed by atoms with Gasteiger partial charge < -0.3 is 5.32 Å². The second kappa shape index (κ2) is 11.3. The van der Waals surface area contributed by atoms with Gasteiger partial charge in [-0.3, -0.25) is 23.8 Å². The van der Waals surface area contributed by atoms with Gasteiger partial charge in [0.2, 0.25) is 5.91 Å². The molecule has 42 heavy (non-hydrogen) atoms. The Labute approximate surface area is 245 Å². The summed E-state index contributed by atoms with van der Waals surface area (Å²) in [7, 11) is 1.81. The van der Waals surface area contributed by atoms with Crippen LogP contribution in [0.4, 0.5) is 10.1 Å². The van der Waals surface area contributed by atoms with Crippen LogP contribution >= 0.6 is 11.6 Å². The maximum atomic E-state index is 13.7. The quantitative estimate of drug-likeness (QED) is 0.321. The number of anilines is 1. The van der Waals surface area contributed by atoms with Crippen molar-refractivity contribution < 1.29 is 9.18 Å². The fourth-order valence-electron chi connectivity index (χ4n) is 5.27. The Bertz CT molecular complexity index is 1850. The normalized spacial score (nSPS) is 17.2. The zero-order chi connectivity index (χ0) is 29.4. The lowest BCUT2D eigenvalue weighted by atomic mass is 9.97. The van der Waals surface area contributed by atoms with Gasteiger partial charge in [0.15, 0.2) is 0 Å². The Morgan fingerprint density at radius 1 is 1.12 bits per heavy atom. The molecular weight excluding hydrogens is 561 g/mol. The first-order valence-corrected chi connectivity index (χ1v) is 13.8. The minimum absolute atomic E-state index is 0.0813. The van der Waals surface area contributed by atoms with Crippen molar-refractivity contribution in [3.8, 4) is 28.2 Å². The first-order chi connectivity index (χ1) is 20.3. The monoisotopic (exact) mass is 587 g/mol. The number of carbonyl (C=O) groups excluding carboxylic acids is 1. The van der Waals surface area contributed by atoms with Crippen LogP contribution < -0.4 is 10.9 Å². The number of amides is 1. The lowest BCUT2D eigenvalue weighted by Gasteiger charge is -2.22. The number of hydrogen-bond donors (Lipinski definition) is 1. The highest BCUT2D eigenvalue weighted by molar-refractivity contribution is 6.31. The largest absolute Gasteiger partial charge is 0.323 e. The van der Waals surface area contributed by atoms with Gasteiger partial charge in [0.05, 0.1) is 53.2 Å². The fourth-order valence-corrected chi connectivity index (χ4v) is 5.44. The highest BCUT2D eigenvalue weighted by Gasteiger charge is 2.24. The van der Waals surface area contributed by atoms with Crippen molar-refractivity contribution in [3.63, 3.8) is 0 Å². The van der Waals surface area contributed by atoms with E-state index in [0.29, 0.717) is 52.6 Å². The third kappa shape index (κ3) is 5.20. The Morgan fingerprint density at radius 2 is 1.98 bits per heavy atom. The summed E-state index contributed by atoms with van der Waals surface area (Å²) in [4.78, 5) is 35.9. The van der Waals surface area contributed by atoms with E-state index in [-0.39, 0.29) is 23.1 Å². The summed E-state index contributed by atoms with van der Waals surface area (Å²) in [6.45, 7) is 1.14. The standard InChI is InChI=1S/C29H27ClFN9O2/c1-17-4-3-5-26(23-10-18(8-9-32-23)28-24(35-29(17)42)14-34-38(28)2)39-16-33-22(12-27(39)41)21-11-19(30)6-7-25(21)40-15-20(13-31)36-37-40/h6-12,14-17,26H,3-5,13H2,1-2H3,(H,35,42). The van der Waals surface area contributed by atoms with Crippen LogP contribution in [0.5, 0.6) is 0 Å². The van der Waals surface area contributed by atoms with Gasteiger partial charge in [0.25, 0.3) is 5.56 Å². The molecule has 6 rings (SSSR count). The number of hydrogen-bond acceptors (Lipinski definition) is 7. The molecule has 5 aromatic rings. The van der Waals surface area contributed by atoms with Gasteiger partial charge in [-0.2, -0.15) is 5.10 Å². The molecule has 214 valence electrons. The molecule has 1 N–H and O–H groups in total. The van der Waals surface area contributed by atoms with Crippen LogP contribution in [0.1, 0.15) is 43.6 Å². The first kappa shape index (κ1) is 27.5. The highest BCUT2D eigenvalue weighted by Crippen LogP contribution is 2.33. The van der Waals surface area contributed by atoms with Crippen molar-refractivity contribution in [2.75, 3.05) is 5.32 Å². The fraction of sp³-hybridized carbons (Fsp3) is 0.276. The van der Waals surface area contributed by atoms with Gasteiger partial charge in [-0.25, -0.2) is 14.1 Å². The second-order valence-electron chi connectivity index (χ2n) is 10.3. The summed E-state index contributed by atoms with van der Waals surface area (Å²) in [6.07, 6.45) is 8.20. The smallest absolute Gasteiger partial charge is 0.254 e. The Hall–Kier alpha value is -4.71. The van der Waals surface area contributed by atoms with Crippen LogP contribution in [0.25, 0.3) is 28.2 Å². The number of pyridine rings is 1. The number of fused-ring (bicyclic) bond motifs is 4. The molecule has 2 bridgehead atoms. The van der Waals surface area contributed by atoms with E-state index in [1.165, 1.54) is 23.3 Å². The number of aromatic nitrogens is 8. The number of benzene rings is 1. The predicted octanol–water partition coefficient (Wildman–Crippen LogP) is 4.76. The van der Waals surface area contributed by atoms with Crippen molar-refractivity contribution in [3.05, 3.63) is 88.1 Å². The van der Waals surface area contributed by atoms with E-state index in [2.05, 4.69) is 30.7 Å². The number of halogens is 2. The van der Waals surface area contributed by atoms with Crippen LogP contribution in [0, 0.1) is 5.92 Å². The van der Waals surface area contributed by atoms with E-state index in [4.69, 9.17) is 11.6 Å². The lowest BCUT2D eigenvalue weighted by molar-refractivity contribution is -0.119. The maximum absolute atomic E-state index is 13.7. The number of rotatable bonds is 4. The average Bonchev–Trinajstić information content (AvgIpc) is 3.61. The van der Waals surface area contributed by atoms with Crippen LogP contribution in [0.2, 0.25) is 5.02 Å². The van der Waals surface area contributed by atoms with Gasteiger partial charge in [0, 0.05) is 41.4 Å². The zero-order valence-corrected chi connectivity index (χ0v) is 23.7. The maximum Gasteiger partial charge on any atom is 0.254 e. The molecule has 1 amide bonds. The van der Waals surface area contributed by atoms with Crippen molar-refractivity contribution in [2.24, 2.45) is 13.0 Å². The molecule has 1 aromatic carbocycles. The summed E-state index contributed by atoms with van der Waals surface area (Å²) in [5, 5.41) is 15.6. The summed E-state index contributed by atoms with van der Waals surface area (Å²) < 4.78 is 17.8. The molecule has 2 unspecified atom stereocenters. The van der Waals surface area contributed by atoms with Gasteiger partial charge in [0.1, 0.15) is 12.4 Å². The van der Waals surface area contributed by atoms with E-state index in [0.717, 1.165) is 11.3 Å². The molecule has 1 aliphatic rings. The molecule has 0 fully saturated rings. The van der Waals surface area contributed by atoms with E-state index < -0.39 is 12.7 Å². The molecule has 2 atom stereocenters. The number of nitrogens with one attached hydrogen (secondary N) is 1. The number of nitrogens with zero attached hydrogens (tertiary/aromatic N) is 8. The molecule has 0 saturated carbocycles. The minimum atomic E-state index is -0.751. The molecule has 0 saturated heterocycles. The summed E-state index contributed by atoms with van der Waals surface area (Å²) in [5.41, 5.74) is 4.25. The Balaban J connectivity index is 1.43. The van der Waals surface area contributed by atoms with Crippen molar-refractivity contribution in [1.29, 1.82) is 0 Å². The van der Waals surface area contributed by atoms with Gasteiger partial charge >= 0.3 is 0 Å². The number of alkyl halides is 1. The SMILES string of the molecule is CC1CCCC(n2cnc(-c3cc(Cl)ccc3-n3cc(CF)nn3)cc2=O)c2cc(ccn2)-c2c(cnn2C)NC1=O. The number of carbonyl (C=O) groups is 1. The number of aryl methyl sites for hydroxylation is 1. The molecule has 0 radical (unpaired) electrons. The van der Waals surface area contributed by atoms with E-state index in [1.54, 1.807) is 39.8 Å². The van der Waals surface area contributed by atoms with Gasteiger partial charge in [-0.1, -0.05) is 30.2 Å². The minimum Gasteiger partial charge on any atom is -0.323 e. The molecule has 13 heteroatoms. The van der Waals surface area contributed by atoms with Crippen molar-refractivity contribution in [1.82, 2.24) is 39.3 Å². The van der Waals surface area contributed by atoms with Crippen LogP contribution in [0.15, 0.2) is 66.1 Å². The van der Waals surface area contributed by atoms with Crippen molar-refractivity contribution >= 4 is 23.2 Å². The Kier molecular flexibility index (Phi) is 7.38. The van der Waals surface area contributed by atoms with Gasteiger partial charge in [-0.05, 0) is 43.2 Å². The van der Waals surface area contributed by atoms with Crippen LogP contribution in [-0.2, 0) is 18.5 Å². The summed E-state index contributed by atoms with van der Waals surface area (Å²) in [6, 6.07) is 9.86. The van der Waals surface area contributed by atoms with Crippen molar-refractivity contribution in [2.45, 2.75) is 38.9 Å². The predicted molar refractivity (Wildman–Crippen MR) is 155 cm³/mol. The van der Waals surface area contributed by atoms with Crippen LogP contribution in [0.3, 0.4) is 0 Å². The molecule has 0 aliphatic carbocycles. The first-order valence-electron chi connectivity index (χ1n) is 13.5. The van der Waals surface area contributed by atoms with Crippen LogP contribution in [-0.4, -0.2) is 45.2 Å². The van der Waals surface area contributed by atoms with E-state index in [1.807, 2.05) is 26.1 Å². The molecule has 11 nitrogen and oxygen atoms in total. The molecular formula is C29H27ClFN9O2. The topological polar surface area (TPSA) is 125 Å². The molecule has 4 aromatic heterocycles. The lowest BCUT2D eigenvalue weighted by Crippen LogP contribution is -2.27. The third-order valence-electron chi connectivity index (χ3n) is 7.49. The second-order valence-corrected chi connectivity index (χ2v) is 10.7. The zero-order valence-electron chi connectivity index (χ0n) is 22.9.